The Balaban J connectivity index is 2.44. The minimum absolute atomic E-state index is 0.0608. The van der Waals surface area contributed by atoms with Gasteiger partial charge in [0.2, 0.25) is 11.7 Å². The molecule has 2 rings (SSSR count). The zero-order valence-electron chi connectivity index (χ0n) is 13.8. The van der Waals surface area contributed by atoms with Crippen molar-refractivity contribution in [1.82, 2.24) is 4.57 Å². The number of nitrogens with zero attached hydrogens (tertiary/aromatic N) is 1. The maximum Gasteiger partial charge on any atom is 0.221 e. The number of nitrogens with two attached hydrogens (primary N) is 1. The van der Waals surface area contributed by atoms with Gasteiger partial charge in [0.15, 0.2) is 0 Å². The summed E-state index contributed by atoms with van der Waals surface area (Å²) in [6, 6.07) is 7.02. The Labute approximate surface area is 136 Å². The van der Waals surface area contributed by atoms with Gasteiger partial charge in [0.25, 0.3) is 0 Å². The fourth-order valence-corrected chi connectivity index (χ4v) is 2.68. The first kappa shape index (κ1) is 16.8. The number of benzene rings is 1. The summed E-state index contributed by atoms with van der Waals surface area (Å²) in [6.07, 6.45) is 2.90. The number of rotatable bonds is 7. The first-order chi connectivity index (χ1) is 11.0. The monoisotopic (exact) mass is 314 g/mol. The highest BCUT2D eigenvalue weighted by Gasteiger charge is 2.20. The van der Waals surface area contributed by atoms with Gasteiger partial charge in [0.05, 0.1) is 19.2 Å². The van der Waals surface area contributed by atoms with E-state index < -0.39 is 5.91 Å². The smallest absolute Gasteiger partial charge is 0.221 e. The van der Waals surface area contributed by atoms with Crippen LogP contribution in [0.3, 0.4) is 0 Å². The maximum atomic E-state index is 12.9. The van der Waals surface area contributed by atoms with Gasteiger partial charge in [0, 0.05) is 18.3 Å². The molecule has 1 amide bonds. The van der Waals surface area contributed by atoms with E-state index in [0.717, 1.165) is 24.1 Å². The summed E-state index contributed by atoms with van der Waals surface area (Å²) in [7, 11) is 1.59. The second-order valence-electron chi connectivity index (χ2n) is 5.52. The topological polar surface area (TPSA) is 74.3 Å². The van der Waals surface area contributed by atoms with Crippen molar-refractivity contribution in [3.05, 3.63) is 52.8 Å². The molecule has 0 aliphatic carbocycles. The molecule has 5 heteroatoms. The van der Waals surface area contributed by atoms with Crippen molar-refractivity contribution in [3.8, 4) is 5.75 Å². The normalized spacial score (nSPS) is 10.6. The van der Waals surface area contributed by atoms with Crippen LogP contribution in [-0.4, -0.2) is 23.4 Å². The number of hydrogen-bond acceptors (Lipinski definition) is 3. The molecule has 0 unspecified atom stereocenters. The van der Waals surface area contributed by atoms with Gasteiger partial charge in [-0.1, -0.05) is 6.92 Å². The molecule has 122 valence electrons. The van der Waals surface area contributed by atoms with E-state index in [9.17, 15) is 9.59 Å². The summed E-state index contributed by atoms with van der Waals surface area (Å²) in [5, 5.41) is 0. The van der Waals surface area contributed by atoms with E-state index in [1.54, 1.807) is 31.4 Å². The number of carbonyl (C=O) groups excluding carboxylic acids is 2. The van der Waals surface area contributed by atoms with Crippen molar-refractivity contribution in [2.24, 2.45) is 5.73 Å². The molecule has 0 radical (unpaired) electrons. The van der Waals surface area contributed by atoms with Crippen LogP contribution in [0.4, 0.5) is 0 Å². The van der Waals surface area contributed by atoms with E-state index in [-0.39, 0.29) is 12.2 Å². The maximum absolute atomic E-state index is 12.9. The third-order valence-electron chi connectivity index (χ3n) is 3.83. The number of aryl methyl sites for hydroxylation is 1. The van der Waals surface area contributed by atoms with Gasteiger partial charge in [-0.05, 0) is 48.7 Å². The van der Waals surface area contributed by atoms with Gasteiger partial charge in [-0.3, -0.25) is 9.59 Å². The summed E-state index contributed by atoms with van der Waals surface area (Å²) in [5.41, 5.74) is 8.14. The van der Waals surface area contributed by atoms with Crippen LogP contribution in [0.5, 0.6) is 5.75 Å². The van der Waals surface area contributed by atoms with Crippen LogP contribution in [0.15, 0.2) is 30.5 Å². The molecule has 1 heterocycles. The molecular formula is C18H22N2O3. The summed E-state index contributed by atoms with van der Waals surface area (Å²) in [4.78, 5) is 24.1. The van der Waals surface area contributed by atoms with Gasteiger partial charge < -0.3 is 15.0 Å². The number of primary amides is 1. The van der Waals surface area contributed by atoms with Crippen molar-refractivity contribution < 1.29 is 14.3 Å². The number of ether oxygens (including phenoxy) is 1. The lowest BCUT2D eigenvalue weighted by molar-refractivity contribution is -0.117. The Morgan fingerprint density at radius 2 is 1.87 bits per heavy atom. The Morgan fingerprint density at radius 3 is 2.39 bits per heavy atom. The van der Waals surface area contributed by atoms with E-state index >= 15 is 0 Å². The molecule has 1 aromatic heterocycles. The molecule has 0 bridgehead atoms. The number of aromatic nitrogens is 1. The molecule has 23 heavy (non-hydrogen) atoms. The highest BCUT2D eigenvalue weighted by Crippen LogP contribution is 2.22. The highest BCUT2D eigenvalue weighted by atomic mass is 16.5. The van der Waals surface area contributed by atoms with E-state index in [1.165, 1.54) is 0 Å². The first-order valence-electron chi connectivity index (χ1n) is 7.63. The van der Waals surface area contributed by atoms with Crippen molar-refractivity contribution in [1.29, 1.82) is 0 Å². The van der Waals surface area contributed by atoms with Crippen molar-refractivity contribution in [2.45, 2.75) is 33.2 Å². The molecule has 2 aromatic rings. The molecule has 0 saturated carbocycles. The molecule has 0 aliphatic heterocycles. The standard InChI is InChI=1S/C18H22N2O3/c1-4-9-20-11-14(10-16(19)21)12(2)17(20)18(22)13-5-7-15(23-3)8-6-13/h5-8,11H,4,9-10H2,1-3H3,(H2,19,21). The van der Waals surface area contributed by atoms with Crippen LogP contribution in [0.1, 0.15) is 40.5 Å². The third kappa shape index (κ3) is 3.62. The van der Waals surface area contributed by atoms with Crippen LogP contribution in [0, 0.1) is 6.92 Å². The van der Waals surface area contributed by atoms with Gasteiger partial charge in [-0.2, -0.15) is 0 Å². The highest BCUT2D eigenvalue weighted by molar-refractivity contribution is 6.09. The van der Waals surface area contributed by atoms with E-state index in [0.29, 0.717) is 17.0 Å². The van der Waals surface area contributed by atoms with Crippen LogP contribution in [0.25, 0.3) is 0 Å². The predicted octanol–water partition coefficient (Wildman–Crippen LogP) is 2.47. The van der Waals surface area contributed by atoms with E-state index in [1.807, 2.05) is 24.6 Å². The fraction of sp³-hybridized carbons (Fsp3) is 0.333. The molecule has 0 saturated heterocycles. The first-order valence-corrected chi connectivity index (χ1v) is 7.63. The molecule has 0 spiro atoms. The predicted molar refractivity (Wildman–Crippen MR) is 88.8 cm³/mol. The van der Waals surface area contributed by atoms with Gasteiger partial charge in [-0.15, -0.1) is 0 Å². The Bertz CT molecular complexity index is 715. The molecule has 5 nitrogen and oxygen atoms in total. The lowest BCUT2D eigenvalue weighted by Gasteiger charge is -2.09. The second kappa shape index (κ2) is 7.13. The number of methoxy groups -OCH3 is 1. The van der Waals surface area contributed by atoms with Crippen LogP contribution in [-0.2, 0) is 17.8 Å². The SMILES string of the molecule is CCCn1cc(CC(N)=O)c(C)c1C(=O)c1ccc(OC)cc1. The summed E-state index contributed by atoms with van der Waals surface area (Å²) < 4.78 is 7.04. The van der Waals surface area contributed by atoms with Crippen LogP contribution >= 0.6 is 0 Å². The minimum atomic E-state index is -0.398. The molecule has 2 N–H and O–H groups in total. The number of hydrogen-bond donors (Lipinski definition) is 1. The molecular weight excluding hydrogens is 292 g/mol. The molecule has 0 atom stereocenters. The summed E-state index contributed by atoms with van der Waals surface area (Å²) in [6.45, 7) is 4.63. The van der Waals surface area contributed by atoms with E-state index in [2.05, 4.69) is 0 Å². The van der Waals surface area contributed by atoms with Crippen molar-refractivity contribution >= 4 is 11.7 Å². The lowest BCUT2D eigenvalue weighted by Crippen LogP contribution is -2.14. The van der Waals surface area contributed by atoms with E-state index in [4.69, 9.17) is 10.5 Å². The van der Waals surface area contributed by atoms with Crippen molar-refractivity contribution in [3.63, 3.8) is 0 Å². The zero-order valence-corrected chi connectivity index (χ0v) is 13.8. The Kier molecular flexibility index (Phi) is 5.21. The largest absolute Gasteiger partial charge is 0.497 e. The fourth-order valence-electron chi connectivity index (χ4n) is 2.68. The van der Waals surface area contributed by atoms with Crippen LogP contribution in [0.2, 0.25) is 0 Å². The third-order valence-corrected chi connectivity index (χ3v) is 3.83. The number of ketones is 1. The van der Waals surface area contributed by atoms with Gasteiger partial charge >= 0.3 is 0 Å². The van der Waals surface area contributed by atoms with Gasteiger partial charge in [-0.25, -0.2) is 0 Å². The Hall–Kier alpha value is -2.56. The molecule has 1 aromatic carbocycles. The minimum Gasteiger partial charge on any atom is -0.497 e. The average Bonchev–Trinajstić information content (AvgIpc) is 2.82. The Morgan fingerprint density at radius 1 is 1.22 bits per heavy atom. The average molecular weight is 314 g/mol. The van der Waals surface area contributed by atoms with Crippen molar-refractivity contribution in [2.75, 3.05) is 7.11 Å². The number of amides is 1. The quantitative estimate of drug-likeness (QED) is 0.798. The lowest BCUT2D eigenvalue weighted by atomic mass is 10.0. The molecule has 0 aliphatic rings. The summed E-state index contributed by atoms with van der Waals surface area (Å²) >= 11 is 0. The van der Waals surface area contributed by atoms with Crippen LogP contribution < -0.4 is 10.5 Å². The van der Waals surface area contributed by atoms with Gasteiger partial charge in [0.1, 0.15) is 5.75 Å². The zero-order chi connectivity index (χ0) is 17.0. The second-order valence-corrected chi connectivity index (χ2v) is 5.52. The number of carbonyl (C=O) groups is 2. The molecule has 0 fully saturated rings. The summed E-state index contributed by atoms with van der Waals surface area (Å²) in [5.74, 6) is 0.246.